The fourth-order valence-corrected chi connectivity index (χ4v) is 5.46. The van der Waals surface area contributed by atoms with E-state index in [1.54, 1.807) is 42.3 Å². The summed E-state index contributed by atoms with van der Waals surface area (Å²) < 4.78 is 46.2. The number of thiophene rings is 1. The normalized spacial score (nSPS) is 11.6. The summed E-state index contributed by atoms with van der Waals surface area (Å²) >= 11 is 1.52. The van der Waals surface area contributed by atoms with Crippen LogP contribution in [0.1, 0.15) is 16.9 Å². The number of carbonyl (C=O) groups is 1. The largest absolute Gasteiger partial charge is 0.385 e. The minimum Gasteiger partial charge on any atom is -0.385 e. The van der Waals surface area contributed by atoms with Crippen LogP contribution in [0.25, 0.3) is 0 Å². The van der Waals surface area contributed by atoms with Crippen molar-refractivity contribution in [1.29, 1.82) is 0 Å². The Hall–Kier alpha value is -2.59. The molecule has 2 aromatic carbocycles. The molecule has 0 saturated carbocycles. The fourth-order valence-electron chi connectivity index (χ4n) is 3.29. The first-order valence-corrected chi connectivity index (χ1v) is 12.8. The number of sulfonamides is 1. The Balaban J connectivity index is 1.83. The molecule has 0 radical (unpaired) electrons. The molecular weight excluding hydrogens is 463 g/mol. The zero-order chi connectivity index (χ0) is 23.7. The lowest BCUT2D eigenvalue weighted by atomic mass is 10.2. The first kappa shape index (κ1) is 25.0. The zero-order valence-electron chi connectivity index (χ0n) is 18.4. The van der Waals surface area contributed by atoms with E-state index in [1.165, 1.54) is 39.9 Å². The summed E-state index contributed by atoms with van der Waals surface area (Å²) in [6, 6.07) is 17.9. The first-order chi connectivity index (χ1) is 15.9. The number of ether oxygens (including phenoxy) is 1. The molecule has 0 spiro atoms. The average Bonchev–Trinajstić information content (AvgIpc) is 3.33. The topological polar surface area (TPSA) is 66.9 Å². The number of rotatable bonds is 12. The van der Waals surface area contributed by atoms with E-state index < -0.39 is 10.0 Å². The summed E-state index contributed by atoms with van der Waals surface area (Å²) in [5.74, 6) is -0.683. The Morgan fingerprint density at radius 1 is 1.00 bits per heavy atom. The molecule has 33 heavy (non-hydrogen) atoms. The van der Waals surface area contributed by atoms with Crippen molar-refractivity contribution in [1.82, 2.24) is 9.21 Å². The summed E-state index contributed by atoms with van der Waals surface area (Å²) in [4.78, 5) is 16.1. The van der Waals surface area contributed by atoms with E-state index >= 15 is 0 Å². The van der Waals surface area contributed by atoms with Crippen molar-refractivity contribution in [3.8, 4) is 0 Å². The molecule has 1 amide bonds. The number of methoxy groups -OCH3 is 1. The van der Waals surface area contributed by atoms with Crippen LogP contribution in [-0.2, 0) is 32.6 Å². The highest BCUT2D eigenvalue weighted by atomic mass is 32.2. The molecule has 0 bridgehead atoms. The molecule has 3 aromatic rings. The van der Waals surface area contributed by atoms with Crippen LogP contribution in [0.3, 0.4) is 0 Å². The number of amides is 1. The van der Waals surface area contributed by atoms with Crippen molar-refractivity contribution in [3.05, 3.63) is 88.4 Å². The van der Waals surface area contributed by atoms with E-state index in [9.17, 15) is 17.6 Å². The van der Waals surface area contributed by atoms with Gasteiger partial charge < -0.3 is 9.64 Å². The van der Waals surface area contributed by atoms with Gasteiger partial charge in [-0.05, 0) is 47.7 Å². The molecule has 0 aliphatic carbocycles. The lowest BCUT2D eigenvalue weighted by Gasteiger charge is -2.27. The van der Waals surface area contributed by atoms with Crippen molar-refractivity contribution in [2.45, 2.75) is 24.4 Å². The van der Waals surface area contributed by atoms with Gasteiger partial charge in [-0.25, -0.2) is 12.8 Å². The number of hydrogen-bond acceptors (Lipinski definition) is 5. The third-order valence-electron chi connectivity index (χ3n) is 5.01. The van der Waals surface area contributed by atoms with Crippen molar-refractivity contribution in [3.63, 3.8) is 0 Å². The van der Waals surface area contributed by atoms with E-state index in [4.69, 9.17) is 4.74 Å². The first-order valence-electron chi connectivity index (χ1n) is 10.5. The number of carbonyl (C=O) groups excluding carboxylic acids is 1. The Morgan fingerprint density at radius 2 is 1.73 bits per heavy atom. The van der Waals surface area contributed by atoms with Gasteiger partial charge in [-0.3, -0.25) is 4.79 Å². The summed E-state index contributed by atoms with van der Waals surface area (Å²) in [5.41, 5.74) is 0.762. The van der Waals surface area contributed by atoms with E-state index in [0.29, 0.717) is 19.6 Å². The highest BCUT2D eigenvalue weighted by Crippen LogP contribution is 2.19. The molecule has 3 rings (SSSR count). The fraction of sp³-hybridized carbons (Fsp3) is 0.292. The lowest BCUT2D eigenvalue weighted by molar-refractivity contribution is -0.132. The van der Waals surface area contributed by atoms with Crippen LogP contribution in [-0.4, -0.2) is 50.3 Å². The third-order valence-corrected chi connectivity index (χ3v) is 7.74. The van der Waals surface area contributed by atoms with Crippen LogP contribution in [0.15, 0.2) is 77.0 Å². The molecule has 0 fully saturated rings. The minimum atomic E-state index is -3.87. The Bertz CT molecular complexity index is 1110. The van der Waals surface area contributed by atoms with Crippen LogP contribution in [0.5, 0.6) is 0 Å². The van der Waals surface area contributed by atoms with Crippen LogP contribution in [0, 0.1) is 5.82 Å². The minimum absolute atomic E-state index is 0.138. The van der Waals surface area contributed by atoms with E-state index in [-0.39, 0.29) is 36.3 Å². The predicted octanol–water partition coefficient (Wildman–Crippen LogP) is 4.14. The van der Waals surface area contributed by atoms with Gasteiger partial charge in [-0.2, -0.15) is 4.31 Å². The molecule has 9 heteroatoms. The molecular formula is C24H27FN2O4S2. The second kappa shape index (κ2) is 12.0. The molecule has 0 atom stereocenters. The number of hydrogen-bond donors (Lipinski definition) is 0. The molecule has 176 valence electrons. The highest BCUT2D eigenvalue weighted by molar-refractivity contribution is 7.89. The van der Waals surface area contributed by atoms with E-state index in [0.717, 1.165) is 10.4 Å². The second-order valence-corrected chi connectivity index (χ2v) is 10.4. The number of nitrogens with zero attached hydrogens (tertiary/aromatic N) is 2. The van der Waals surface area contributed by atoms with Crippen molar-refractivity contribution in [2.75, 3.05) is 26.8 Å². The van der Waals surface area contributed by atoms with Gasteiger partial charge in [0, 0.05) is 31.7 Å². The maximum atomic E-state index is 13.4. The van der Waals surface area contributed by atoms with Gasteiger partial charge in [0.05, 0.1) is 18.0 Å². The molecule has 1 aromatic heterocycles. The van der Waals surface area contributed by atoms with Gasteiger partial charge in [0.2, 0.25) is 15.9 Å². The molecule has 0 N–H and O–H groups in total. The summed E-state index contributed by atoms with van der Waals surface area (Å²) in [5, 5.41) is 1.92. The quantitative estimate of drug-likeness (QED) is 0.358. The smallest absolute Gasteiger partial charge is 0.243 e. The van der Waals surface area contributed by atoms with Crippen LogP contribution < -0.4 is 0 Å². The Kier molecular flexibility index (Phi) is 9.13. The molecule has 0 aliphatic rings. The molecule has 0 unspecified atom stereocenters. The Morgan fingerprint density at radius 3 is 2.36 bits per heavy atom. The number of halogens is 1. The SMILES string of the molecule is COCCCN(CC(=O)N(Cc1ccc(F)cc1)Cc1cccs1)S(=O)(=O)c1ccccc1. The van der Waals surface area contributed by atoms with Crippen molar-refractivity contribution >= 4 is 27.3 Å². The highest BCUT2D eigenvalue weighted by Gasteiger charge is 2.28. The maximum Gasteiger partial charge on any atom is 0.243 e. The van der Waals surface area contributed by atoms with Gasteiger partial charge >= 0.3 is 0 Å². The third kappa shape index (κ3) is 7.20. The molecule has 0 aliphatic heterocycles. The van der Waals surface area contributed by atoms with E-state index in [2.05, 4.69) is 0 Å². The van der Waals surface area contributed by atoms with Gasteiger partial charge in [0.15, 0.2) is 0 Å². The second-order valence-electron chi connectivity index (χ2n) is 7.45. The van der Waals surface area contributed by atoms with Crippen LogP contribution >= 0.6 is 11.3 Å². The van der Waals surface area contributed by atoms with Crippen molar-refractivity contribution in [2.24, 2.45) is 0 Å². The monoisotopic (exact) mass is 490 g/mol. The summed E-state index contributed by atoms with van der Waals surface area (Å²) in [6.45, 7) is 0.816. The van der Waals surface area contributed by atoms with Gasteiger partial charge in [-0.1, -0.05) is 36.4 Å². The van der Waals surface area contributed by atoms with Gasteiger partial charge in [0.1, 0.15) is 5.82 Å². The number of benzene rings is 2. The maximum absolute atomic E-state index is 13.4. The summed E-state index contributed by atoms with van der Waals surface area (Å²) in [6.07, 6.45) is 0.457. The molecule has 1 heterocycles. The predicted molar refractivity (Wildman–Crippen MR) is 127 cm³/mol. The Labute approximate surface area is 198 Å². The van der Waals surface area contributed by atoms with Crippen LogP contribution in [0.2, 0.25) is 0 Å². The average molecular weight is 491 g/mol. The standard InChI is InChI=1S/C24H27FN2O4S2/c1-31-15-6-14-27(33(29,30)23-8-3-2-4-9-23)19-24(28)26(18-22-7-5-16-32-22)17-20-10-12-21(25)13-11-20/h2-5,7-13,16H,6,14-15,17-19H2,1H3. The molecule has 6 nitrogen and oxygen atoms in total. The van der Waals surface area contributed by atoms with Gasteiger partial charge in [-0.15, -0.1) is 11.3 Å². The molecule has 0 saturated heterocycles. The summed E-state index contributed by atoms with van der Waals surface area (Å²) in [7, 11) is -2.32. The lowest BCUT2D eigenvalue weighted by Crippen LogP contribution is -2.43. The zero-order valence-corrected chi connectivity index (χ0v) is 20.0. The van der Waals surface area contributed by atoms with Gasteiger partial charge in [0.25, 0.3) is 0 Å². The van der Waals surface area contributed by atoms with Crippen molar-refractivity contribution < 1.29 is 22.3 Å². The van der Waals surface area contributed by atoms with E-state index in [1.807, 2.05) is 17.5 Å². The van der Waals surface area contributed by atoms with Crippen LogP contribution in [0.4, 0.5) is 4.39 Å².